The zero-order valence-electron chi connectivity index (χ0n) is 17.1. The van der Waals surface area contributed by atoms with E-state index in [1.165, 1.54) is 11.3 Å². The quantitative estimate of drug-likeness (QED) is 0.740. The number of aromatic nitrogens is 2. The Morgan fingerprint density at radius 1 is 1.38 bits per heavy atom. The van der Waals surface area contributed by atoms with Gasteiger partial charge in [0.05, 0.1) is 10.9 Å². The second kappa shape index (κ2) is 9.23. The summed E-state index contributed by atoms with van der Waals surface area (Å²) in [5.74, 6) is -2.50. The standard InChI is InChI=1S/C18H20N4O2S.C2HF3O2/c1-13-8-22(16(23)15-10-25-12-20-15)11-18(13)4-6-21(17(18)24)9-14-3-2-5-19-7-14;3-2(4,5)1(6)7/h2-3,5,7,10,12-13H,4,6,8-9,11H2,1H3;(H,6,7)/t13-,18-;/m0./s1. The van der Waals surface area contributed by atoms with Crippen LogP contribution in [0.3, 0.4) is 0 Å². The molecule has 4 heterocycles. The smallest absolute Gasteiger partial charge is 0.475 e. The van der Waals surface area contributed by atoms with Crippen LogP contribution in [0.5, 0.6) is 0 Å². The molecular formula is C20H21F3N4O4S. The third-order valence-corrected chi connectivity index (χ3v) is 6.32. The second-order valence-corrected chi connectivity index (χ2v) is 8.48. The first-order valence-corrected chi connectivity index (χ1v) is 10.6. The van der Waals surface area contributed by atoms with E-state index in [4.69, 9.17) is 9.90 Å². The van der Waals surface area contributed by atoms with Gasteiger partial charge in [0.2, 0.25) is 5.91 Å². The average Bonchev–Trinajstić information content (AvgIpc) is 3.46. The lowest BCUT2D eigenvalue weighted by Gasteiger charge is -2.26. The first-order chi connectivity index (χ1) is 15.0. The highest BCUT2D eigenvalue weighted by Crippen LogP contribution is 2.45. The number of carboxylic acid groups (broad SMARTS) is 1. The van der Waals surface area contributed by atoms with Crippen LogP contribution in [-0.4, -0.2) is 68.5 Å². The van der Waals surface area contributed by atoms with Gasteiger partial charge in [-0.25, -0.2) is 9.78 Å². The van der Waals surface area contributed by atoms with Crippen molar-refractivity contribution in [1.29, 1.82) is 0 Å². The summed E-state index contributed by atoms with van der Waals surface area (Å²) in [6.07, 6.45) is -0.750. The highest BCUT2D eigenvalue weighted by molar-refractivity contribution is 7.07. The van der Waals surface area contributed by atoms with Gasteiger partial charge in [-0.1, -0.05) is 13.0 Å². The van der Waals surface area contributed by atoms with Gasteiger partial charge >= 0.3 is 12.1 Å². The molecule has 32 heavy (non-hydrogen) atoms. The number of amides is 2. The van der Waals surface area contributed by atoms with Gasteiger partial charge in [-0.05, 0) is 24.0 Å². The number of rotatable bonds is 3. The minimum atomic E-state index is -5.08. The molecule has 172 valence electrons. The molecule has 2 aliphatic rings. The van der Waals surface area contributed by atoms with E-state index >= 15 is 0 Å². The van der Waals surface area contributed by atoms with E-state index in [9.17, 15) is 22.8 Å². The van der Waals surface area contributed by atoms with Crippen molar-refractivity contribution >= 4 is 29.1 Å². The first kappa shape index (κ1) is 23.6. The van der Waals surface area contributed by atoms with Crippen LogP contribution in [0.1, 0.15) is 29.4 Å². The molecule has 0 unspecified atom stereocenters. The Balaban J connectivity index is 0.000000360. The Hall–Kier alpha value is -3.02. The first-order valence-electron chi connectivity index (χ1n) is 9.70. The molecule has 0 saturated carbocycles. The molecule has 1 spiro atoms. The number of hydrogen-bond acceptors (Lipinski definition) is 6. The Morgan fingerprint density at radius 2 is 2.09 bits per heavy atom. The summed E-state index contributed by atoms with van der Waals surface area (Å²) >= 11 is 1.41. The molecule has 0 aliphatic carbocycles. The third kappa shape index (κ3) is 4.90. The summed E-state index contributed by atoms with van der Waals surface area (Å²) in [6.45, 7) is 4.51. The van der Waals surface area contributed by atoms with Crippen molar-refractivity contribution in [3.63, 3.8) is 0 Å². The Morgan fingerprint density at radius 3 is 2.66 bits per heavy atom. The van der Waals surface area contributed by atoms with Crippen LogP contribution in [0.15, 0.2) is 35.4 Å². The zero-order chi connectivity index (χ0) is 23.5. The monoisotopic (exact) mass is 470 g/mol. The minimum absolute atomic E-state index is 0.0662. The Kier molecular flexibility index (Phi) is 6.82. The summed E-state index contributed by atoms with van der Waals surface area (Å²) in [4.78, 5) is 46.6. The van der Waals surface area contributed by atoms with Crippen molar-refractivity contribution in [2.24, 2.45) is 11.3 Å². The van der Waals surface area contributed by atoms with E-state index in [1.54, 1.807) is 28.2 Å². The van der Waals surface area contributed by atoms with E-state index < -0.39 is 17.6 Å². The summed E-state index contributed by atoms with van der Waals surface area (Å²) < 4.78 is 31.7. The lowest BCUT2D eigenvalue weighted by molar-refractivity contribution is -0.192. The minimum Gasteiger partial charge on any atom is -0.475 e. The molecule has 0 radical (unpaired) electrons. The molecule has 2 saturated heterocycles. The van der Waals surface area contributed by atoms with Gasteiger partial charge in [0.15, 0.2) is 0 Å². The van der Waals surface area contributed by atoms with Crippen LogP contribution in [0.4, 0.5) is 13.2 Å². The fourth-order valence-corrected chi connectivity index (χ4v) is 4.55. The van der Waals surface area contributed by atoms with E-state index in [-0.39, 0.29) is 17.7 Å². The van der Waals surface area contributed by atoms with E-state index in [1.807, 2.05) is 17.0 Å². The number of nitrogens with zero attached hydrogens (tertiary/aromatic N) is 4. The van der Waals surface area contributed by atoms with Gasteiger partial charge in [0.1, 0.15) is 5.69 Å². The number of alkyl halides is 3. The van der Waals surface area contributed by atoms with Crippen molar-refractivity contribution in [3.8, 4) is 0 Å². The lowest BCUT2D eigenvalue weighted by atomic mass is 9.78. The normalized spacial score (nSPS) is 22.8. The van der Waals surface area contributed by atoms with Crippen LogP contribution in [0.25, 0.3) is 0 Å². The van der Waals surface area contributed by atoms with Gasteiger partial charge in [0, 0.05) is 44.0 Å². The van der Waals surface area contributed by atoms with Gasteiger partial charge in [0.25, 0.3) is 5.91 Å². The SMILES string of the molecule is C[C@H]1CN(C(=O)c2cscn2)C[C@@]12CCN(Cc1cccnc1)C2=O.O=C(O)C(F)(F)F. The molecule has 2 aliphatic heterocycles. The number of likely N-dealkylation sites (tertiary alicyclic amines) is 2. The predicted molar refractivity (Wildman–Crippen MR) is 108 cm³/mol. The molecule has 2 aromatic heterocycles. The van der Waals surface area contributed by atoms with Crippen molar-refractivity contribution in [1.82, 2.24) is 19.8 Å². The van der Waals surface area contributed by atoms with Crippen molar-refractivity contribution in [3.05, 3.63) is 46.7 Å². The molecule has 4 rings (SSSR count). The number of carbonyl (C=O) groups is 3. The van der Waals surface area contributed by atoms with Gasteiger partial charge < -0.3 is 14.9 Å². The maximum atomic E-state index is 13.2. The fourth-order valence-electron chi connectivity index (χ4n) is 4.03. The summed E-state index contributed by atoms with van der Waals surface area (Å²) in [7, 11) is 0. The number of pyridine rings is 1. The topological polar surface area (TPSA) is 104 Å². The predicted octanol–water partition coefficient (Wildman–Crippen LogP) is 2.68. The Bertz CT molecular complexity index is 971. The molecular weight excluding hydrogens is 449 g/mol. The maximum absolute atomic E-state index is 13.2. The molecule has 1 N–H and O–H groups in total. The van der Waals surface area contributed by atoms with E-state index in [2.05, 4.69) is 16.9 Å². The molecule has 12 heteroatoms. The van der Waals surface area contributed by atoms with E-state index in [0.717, 1.165) is 18.5 Å². The molecule has 8 nitrogen and oxygen atoms in total. The lowest BCUT2D eigenvalue weighted by Crippen LogP contribution is -2.40. The molecule has 2 aromatic rings. The van der Waals surface area contributed by atoms with Crippen molar-refractivity contribution < 1.29 is 32.7 Å². The number of hydrogen-bond donors (Lipinski definition) is 1. The summed E-state index contributed by atoms with van der Waals surface area (Å²) in [6, 6.07) is 3.87. The zero-order valence-corrected chi connectivity index (χ0v) is 17.9. The Labute approximate surface area is 185 Å². The summed E-state index contributed by atoms with van der Waals surface area (Å²) in [5, 5.41) is 8.89. The van der Waals surface area contributed by atoms with Gasteiger partial charge in [-0.2, -0.15) is 13.2 Å². The van der Waals surface area contributed by atoms with Crippen LogP contribution in [0.2, 0.25) is 0 Å². The maximum Gasteiger partial charge on any atom is 0.490 e. The number of halogens is 3. The van der Waals surface area contributed by atoms with Crippen LogP contribution < -0.4 is 0 Å². The molecule has 0 aromatic carbocycles. The van der Waals surface area contributed by atoms with Gasteiger partial charge in [-0.3, -0.25) is 14.6 Å². The van der Waals surface area contributed by atoms with Crippen LogP contribution in [-0.2, 0) is 16.1 Å². The number of thiazole rings is 1. The van der Waals surface area contributed by atoms with Crippen molar-refractivity contribution in [2.75, 3.05) is 19.6 Å². The van der Waals surface area contributed by atoms with E-state index in [0.29, 0.717) is 25.3 Å². The molecule has 2 fully saturated rings. The highest BCUT2D eigenvalue weighted by atomic mass is 32.1. The highest BCUT2D eigenvalue weighted by Gasteiger charge is 2.55. The second-order valence-electron chi connectivity index (χ2n) is 7.76. The number of aliphatic carboxylic acids is 1. The number of carboxylic acids is 1. The summed E-state index contributed by atoms with van der Waals surface area (Å²) in [5.41, 5.74) is 2.73. The van der Waals surface area contributed by atoms with Gasteiger partial charge in [-0.15, -0.1) is 11.3 Å². The number of carbonyl (C=O) groups excluding carboxylic acids is 2. The van der Waals surface area contributed by atoms with Crippen molar-refractivity contribution in [2.45, 2.75) is 26.1 Å². The average molecular weight is 470 g/mol. The fraction of sp³-hybridized carbons (Fsp3) is 0.450. The van der Waals surface area contributed by atoms with Crippen LogP contribution >= 0.6 is 11.3 Å². The van der Waals surface area contributed by atoms with Crippen LogP contribution in [0, 0.1) is 11.3 Å². The molecule has 2 amide bonds. The largest absolute Gasteiger partial charge is 0.490 e. The third-order valence-electron chi connectivity index (χ3n) is 5.73. The molecule has 0 bridgehead atoms. The molecule has 2 atom stereocenters.